The van der Waals surface area contributed by atoms with Crippen LogP contribution in [-0.2, 0) is 11.3 Å². The molecule has 0 atom stereocenters. The SMILES string of the molecule is O=C(Cn1c(=O)oc2cc([N+](=O)[O-])ccc21)Nc1ccc(F)c(Cl)c1. The van der Waals surface area contributed by atoms with Crippen LogP contribution in [-0.4, -0.2) is 15.4 Å². The zero-order chi connectivity index (χ0) is 18.1. The Kier molecular flexibility index (Phi) is 4.24. The van der Waals surface area contributed by atoms with E-state index >= 15 is 0 Å². The van der Waals surface area contributed by atoms with Crippen molar-refractivity contribution in [1.82, 2.24) is 4.57 Å². The normalized spacial score (nSPS) is 10.8. The predicted octanol–water partition coefficient (Wildman–Crippen LogP) is 2.93. The average Bonchev–Trinajstić information content (AvgIpc) is 2.86. The third kappa shape index (κ3) is 3.36. The molecule has 8 nitrogen and oxygen atoms in total. The van der Waals surface area contributed by atoms with E-state index in [0.29, 0.717) is 0 Å². The smallest absolute Gasteiger partial charge is 0.407 e. The van der Waals surface area contributed by atoms with Crippen molar-refractivity contribution < 1.29 is 18.5 Å². The third-order valence-electron chi connectivity index (χ3n) is 3.37. The Labute approximate surface area is 143 Å². The summed E-state index contributed by atoms with van der Waals surface area (Å²) in [6.45, 7) is -0.390. The van der Waals surface area contributed by atoms with Gasteiger partial charge in [-0.05, 0) is 24.3 Å². The molecule has 1 aromatic heterocycles. The molecule has 3 aromatic rings. The molecule has 1 amide bonds. The van der Waals surface area contributed by atoms with Crippen LogP contribution in [0.2, 0.25) is 5.02 Å². The largest absolute Gasteiger partial charge is 0.420 e. The highest BCUT2D eigenvalue weighted by Gasteiger charge is 2.16. The first-order chi connectivity index (χ1) is 11.8. The van der Waals surface area contributed by atoms with Gasteiger partial charge < -0.3 is 9.73 Å². The van der Waals surface area contributed by atoms with Crippen molar-refractivity contribution in [1.29, 1.82) is 0 Å². The fourth-order valence-corrected chi connectivity index (χ4v) is 2.42. The molecular weight excluding hydrogens is 357 g/mol. The van der Waals surface area contributed by atoms with Crippen LogP contribution >= 0.6 is 11.6 Å². The van der Waals surface area contributed by atoms with Crippen LogP contribution in [0, 0.1) is 15.9 Å². The summed E-state index contributed by atoms with van der Waals surface area (Å²) in [6.07, 6.45) is 0. The zero-order valence-electron chi connectivity index (χ0n) is 12.4. The Bertz CT molecular complexity index is 1060. The molecule has 10 heteroatoms. The first-order valence-corrected chi connectivity index (χ1v) is 7.25. The van der Waals surface area contributed by atoms with E-state index in [1.165, 1.54) is 24.3 Å². The lowest BCUT2D eigenvalue weighted by atomic mass is 10.3. The summed E-state index contributed by atoms with van der Waals surface area (Å²) in [5, 5.41) is 13.1. The second-order valence-corrected chi connectivity index (χ2v) is 5.45. The first-order valence-electron chi connectivity index (χ1n) is 6.88. The molecule has 0 radical (unpaired) electrons. The van der Waals surface area contributed by atoms with Gasteiger partial charge in [0.15, 0.2) is 5.58 Å². The number of carbonyl (C=O) groups excluding carboxylic acids is 1. The predicted molar refractivity (Wildman–Crippen MR) is 87.2 cm³/mol. The summed E-state index contributed by atoms with van der Waals surface area (Å²) < 4.78 is 19.1. The maximum absolute atomic E-state index is 13.1. The van der Waals surface area contributed by atoms with E-state index in [1.807, 2.05) is 0 Å². The van der Waals surface area contributed by atoms with Crippen LogP contribution in [0.4, 0.5) is 15.8 Å². The van der Waals surface area contributed by atoms with Crippen molar-refractivity contribution in [3.63, 3.8) is 0 Å². The Morgan fingerprint density at radius 1 is 1.32 bits per heavy atom. The molecular formula is C15H9ClFN3O5. The van der Waals surface area contributed by atoms with Crippen molar-refractivity contribution in [3.8, 4) is 0 Å². The molecule has 2 aromatic carbocycles. The van der Waals surface area contributed by atoms with E-state index < -0.39 is 28.9 Å². The lowest BCUT2D eigenvalue weighted by Gasteiger charge is -2.06. The van der Waals surface area contributed by atoms with Crippen LogP contribution < -0.4 is 11.1 Å². The van der Waals surface area contributed by atoms with Gasteiger partial charge in [0, 0.05) is 11.8 Å². The monoisotopic (exact) mass is 365 g/mol. The topological polar surface area (TPSA) is 107 Å². The van der Waals surface area contributed by atoms with Gasteiger partial charge in [-0.1, -0.05) is 11.6 Å². The van der Waals surface area contributed by atoms with Crippen molar-refractivity contribution in [2.75, 3.05) is 5.32 Å². The average molecular weight is 366 g/mol. The van der Waals surface area contributed by atoms with Crippen LogP contribution in [0.1, 0.15) is 0 Å². The third-order valence-corrected chi connectivity index (χ3v) is 3.66. The molecule has 0 aliphatic carbocycles. The van der Waals surface area contributed by atoms with Crippen LogP contribution in [0.3, 0.4) is 0 Å². The number of non-ortho nitro benzene ring substituents is 1. The van der Waals surface area contributed by atoms with Gasteiger partial charge in [0.2, 0.25) is 5.91 Å². The number of hydrogen-bond donors (Lipinski definition) is 1. The van der Waals surface area contributed by atoms with E-state index in [-0.39, 0.29) is 27.5 Å². The lowest BCUT2D eigenvalue weighted by molar-refractivity contribution is -0.384. The molecule has 25 heavy (non-hydrogen) atoms. The number of rotatable bonds is 4. The van der Waals surface area contributed by atoms with Crippen LogP contribution in [0.15, 0.2) is 45.6 Å². The number of halogens is 2. The maximum atomic E-state index is 13.1. The number of benzene rings is 2. The van der Waals surface area contributed by atoms with Gasteiger partial charge in [-0.25, -0.2) is 9.18 Å². The van der Waals surface area contributed by atoms with Gasteiger partial charge in [0.05, 0.1) is 21.5 Å². The van der Waals surface area contributed by atoms with Crippen molar-refractivity contribution >= 4 is 40.0 Å². The summed E-state index contributed by atoms with van der Waals surface area (Å²) in [7, 11) is 0. The Hall–Kier alpha value is -3.20. The van der Waals surface area contributed by atoms with Crippen molar-refractivity contribution in [2.24, 2.45) is 0 Å². The number of anilines is 1. The van der Waals surface area contributed by atoms with Crippen LogP contribution in [0.25, 0.3) is 11.1 Å². The fourth-order valence-electron chi connectivity index (χ4n) is 2.24. The van der Waals surface area contributed by atoms with Gasteiger partial charge in [-0.15, -0.1) is 0 Å². The number of nitrogens with one attached hydrogen (secondary N) is 1. The van der Waals surface area contributed by atoms with Gasteiger partial charge in [-0.2, -0.15) is 0 Å². The van der Waals surface area contributed by atoms with Crippen molar-refractivity contribution in [3.05, 3.63) is 67.9 Å². The number of carbonyl (C=O) groups is 1. The molecule has 0 unspecified atom stereocenters. The standard InChI is InChI=1S/C15H9ClFN3O5/c16-10-5-8(1-3-11(10)17)18-14(21)7-19-12-4-2-9(20(23)24)6-13(12)25-15(19)22/h1-6H,7H2,(H,18,21). The van der Waals surface area contributed by atoms with Crippen LogP contribution in [0.5, 0.6) is 0 Å². The number of nitrogens with zero attached hydrogens (tertiary/aromatic N) is 2. The van der Waals surface area contributed by atoms with Crippen molar-refractivity contribution in [2.45, 2.75) is 6.54 Å². The van der Waals surface area contributed by atoms with E-state index in [9.17, 15) is 24.1 Å². The number of nitro groups is 1. The van der Waals surface area contributed by atoms with Gasteiger partial charge in [0.25, 0.3) is 5.69 Å². The second kappa shape index (κ2) is 6.36. The second-order valence-electron chi connectivity index (χ2n) is 5.04. The number of hydrogen-bond acceptors (Lipinski definition) is 5. The number of fused-ring (bicyclic) bond motifs is 1. The molecule has 0 fully saturated rings. The minimum atomic E-state index is -0.831. The zero-order valence-corrected chi connectivity index (χ0v) is 13.1. The summed E-state index contributed by atoms with van der Waals surface area (Å²) in [5.41, 5.74) is 0.256. The van der Waals surface area contributed by atoms with Gasteiger partial charge in [0.1, 0.15) is 12.4 Å². The van der Waals surface area contributed by atoms with E-state index in [2.05, 4.69) is 5.32 Å². The molecule has 128 valence electrons. The number of nitro benzene ring substituents is 1. The Morgan fingerprint density at radius 2 is 2.08 bits per heavy atom. The molecule has 3 rings (SSSR count). The molecule has 0 aliphatic heterocycles. The summed E-state index contributed by atoms with van der Waals surface area (Å²) in [5.74, 6) is -2.04. The Balaban J connectivity index is 1.85. The van der Waals surface area contributed by atoms with E-state index in [0.717, 1.165) is 16.7 Å². The van der Waals surface area contributed by atoms with Gasteiger partial charge in [-0.3, -0.25) is 19.5 Å². The van der Waals surface area contributed by atoms with E-state index in [4.69, 9.17) is 16.0 Å². The molecule has 0 saturated carbocycles. The number of aromatic nitrogens is 1. The minimum absolute atomic E-state index is 0.00294. The molecule has 1 heterocycles. The van der Waals surface area contributed by atoms with Gasteiger partial charge >= 0.3 is 5.76 Å². The summed E-state index contributed by atoms with van der Waals surface area (Å²) in [6, 6.07) is 7.26. The molecule has 0 saturated heterocycles. The molecule has 0 aliphatic rings. The summed E-state index contributed by atoms with van der Waals surface area (Å²) >= 11 is 5.63. The minimum Gasteiger partial charge on any atom is -0.407 e. The van der Waals surface area contributed by atoms with E-state index in [1.54, 1.807) is 0 Å². The highest BCUT2D eigenvalue weighted by Crippen LogP contribution is 2.21. The highest BCUT2D eigenvalue weighted by atomic mass is 35.5. The quantitative estimate of drug-likeness (QED) is 0.565. The maximum Gasteiger partial charge on any atom is 0.420 e. The number of amides is 1. The molecule has 0 bridgehead atoms. The number of oxazole rings is 1. The molecule has 1 N–H and O–H groups in total. The first kappa shape index (κ1) is 16.7. The Morgan fingerprint density at radius 3 is 2.76 bits per heavy atom. The summed E-state index contributed by atoms with van der Waals surface area (Å²) in [4.78, 5) is 34.1. The highest BCUT2D eigenvalue weighted by molar-refractivity contribution is 6.31. The molecule has 0 spiro atoms. The lowest BCUT2D eigenvalue weighted by Crippen LogP contribution is -2.24. The fraction of sp³-hybridized carbons (Fsp3) is 0.0667.